The van der Waals surface area contributed by atoms with Crippen LogP contribution in [-0.4, -0.2) is 12.1 Å². The van der Waals surface area contributed by atoms with Crippen LogP contribution in [0.1, 0.15) is 32.4 Å². The van der Waals surface area contributed by atoms with E-state index in [-0.39, 0.29) is 23.5 Å². The monoisotopic (exact) mass is 218 g/mol. The van der Waals surface area contributed by atoms with Crippen LogP contribution < -0.4 is 10.6 Å². The van der Waals surface area contributed by atoms with Gasteiger partial charge in [-0.25, -0.2) is 0 Å². The van der Waals surface area contributed by atoms with Gasteiger partial charge in [0.2, 0.25) is 5.91 Å². The number of hydrogen-bond donors (Lipinski definition) is 2. The van der Waals surface area contributed by atoms with E-state index < -0.39 is 0 Å². The molecule has 3 nitrogen and oxygen atoms in total. The molecule has 2 rings (SSSR count). The lowest BCUT2D eigenvalue weighted by molar-refractivity contribution is -0.121. The molecule has 1 saturated heterocycles. The van der Waals surface area contributed by atoms with Crippen molar-refractivity contribution in [3.63, 3.8) is 0 Å². The molecule has 0 bridgehead atoms. The van der Waals surface area contributed by atoms with Crippen molar-refractivity contribution >= 4 is 5.91 Å². The van der Waals surface area contributed by atoms with Crippen LogP contribution in [0.3, 0.4) is 0 Å². The van der Waals surface area contributed by atoms with Gasteiger partial charge >= 0.3 is 0 Å². The van der Waals surface area contributed by atoms with Gasteiger partial charge in [0.1, 0.15) is 6.04 Å². The fraction of sp³-hybridized carbons (Fsp3) is 0.462. The highest BCUT2D eigenvalue weighted by atomic mass is 16.2. The molecule has 0 radical (unpaired) electrons. The predicted octanol–water partition coefficient (Wildman–Crippen LogP) is 1.82. The summed E-state index contributed by atoms with van der Waals surface area (Å²) in [5.41, 5.74) is 1.05. The van der Waals surface area contributed by atoms with Gasteiger partial charge in [0, 0.05) is 0 Å². The minimum Gasteiger partial charge on any atom is -0.339 e. The first kappa shape index (κ1) is 11.1. The number of rotatable bonds is 1. The average Bonchev–Trinajstić information content (AvgIpc) is 2.61. The Morgan fingerprint density at radius 2 is 1.75 bits per heavy atom. The van der Waals surface area contributed by atoms with Crippen molar-refractivity contribution in [1.82, 2.24) is 10.6 Å². The second-order valence-electron chi connectivity index (χ2n) is 5.32. The van der Waals surface area contributed by atoms with Crippen molar-refractivity contribution in [2.24, 2.45) is 5.41 Å². The van der Waals surface area contributed by atoms with Gasteiger partial charge in [-0.3, -0.25) is 10.1 Å². The van der Waals surface area contributed by atoms with Gasteiger partial charge in [-0.05, 0) is 11.0 Å². The molecule has 1 aliphatic heterocycles. The first-order valence-electron chi connectivity index (χ1n) is 5.60. The molecule has 0 aliphatic carbocycles. The normalized spacial score (nSPS) is 25.6. The summed E-state index contributed by atoms with van der Waals surface area (Å²) in [7, 11) is 0. The van der Waals surface area contributed by atoms with Gasteiger partial charge in [-0.1, -0.05) is 51.1 Å². The SMILES string of the molecule is CC(C)(C)C1NC(=O)C(c2ccccc2)N1. The zero-order valence-electron chi connectivity index (χ0n) is 9.95. The number of amides is 1. The molecule has 1 aromatic carbocycles. The number of nitrogens with one attached hydrogen (secondary N) is 2. The first-order valence-corrected chi connectivity index (χ1v) is 5.60. The van der Waals surface area contributed by atoms with Crippen molar-refractivity contribution in [3.05, 3.63) is 35.9 Å². The Balaban J connectivity index is 2.18. The Labute approximate surface area is 96.2 Å². The molecule has 0 aromatic heterocycles. The molecule has 2 unspecified atom stereocenters. The second kappa shape index (κ2) is 3.91. The number of hydrogen-bond acceptors (Lipinski definition) is 2. The fourth-order valence-corrected chi connectivity index (χ4v) is 1.87. The highest BCUT2D eigenvalue weighted by Crippen LogP contribution is 2.26. The first-order chi connectivity index (χ1) is 7.48. The van der Waals surface area contributed by atoms with Gasteiger partial charge in [0.25, 0.3) is 0 Å². The Kier molecular flexibility index (Phi) is 2.72. The standard InChI is InChI=1S/C13H18N2O/c1-13(2,3)12-14-10(11(16)15-12)9-7-5-4-6-8-9/h4-8,10,12,14H,1-3H3,(H,15,16). The third kappa shape index (κ3) is 2.09. The second-order valence-corrected chi connectivity index (χ2v) is 5.32. The molecule has 1 amide bonds. The lowest BCUT2D eigenvalue weighted by Gasteiger charge is -2.26. The average molecular weight is 218 g/mol. The van der Waals surface area contributed by atoms with E-state index in [1.54, 1.807) is 0 Å². The molecule has 3 heteroatoms. The quantitative estimate of drug-likeness (QED) is 0.755. The molecule has 16 heavy (non-hydrogen) atoms. The van der Waals surface area contributed by atoms with Crippen LogP contribution in [0.15, 0.2) is 30.3 Å². The Bertz CT molecular complexity index is 381. The zero-order chi connectivity index (χ0) is 11.8. The van der Waals surface area contributed by atoms with Gasteiger partial charge in [-0.2, -0.15) is 0 Å². The lowest BCUT2D eigenvalue weighted by Crippen LogP contribution is -2.43. The van der Waals surface area contributed by atoms with Gasteiger partial charge in [0.15, 0.2) is 0 Å². The number of benzene rings is 1. The van der Waals surface area contributed by atoms with Gasteiger partial charge in [0.05, 0.1) is 6.17 Å². The molecule has 1 heterocycles. The van der Waals surface area contributed by atoms with E-state index in [0.717, 1.165) is 5.56 Å². The highest BCUT2D eigenvalue weighted by Gasteiger charge is 2.38. The summed E-state index contributed by atoms with van der Waals surface area (Å²) in [6.07, 6.45) is 0.0326. The van der Waals surface area contributed by atoms with Crippen molar-refractivity contribution in [2.75, 3.05) is 0 Å². The maximum Gasteiger partial charge on any atom is 0.243 e. The van der Waals surface area contributed by atoms with Crippen LogP contribution in [0.5, 0.6) is 0 Å². The largest absolute Gasteiger partial charge is 0.339 e. The predicted molar refractivity (Wildman–Crippen MR) is 63.7 cm³/mol. The fourth-order valence-electron chi connectivity index (χ4n) is 1.87. The Morgan fingerprint density at radius 3 is 2.25 bits per heavy atom. The van der Waals surface area contributed by atoms with Crippen LogP contribution in [0.4, 0.5) is 0 Å². The van der Waals surface area contributed by atoms with Crippen molar-refractivity contribution in [3.8, 4) is 0 Å². The van der Waals surface area contributed by atoms with E-state index in [4.69, 9.17) is 0 Å². The molecule has 1 aliphatic rings. The van der Waals surface area contributed by atoms with E-state index in [9.17, 15) is 4.79 Å². The van der Waals surface area contributed by atoms with E-state index in [0.29, 0.717) is 0 Å². The molecule has 1 fully saturated rings. The third-order valence-corrected chi connectivity index (χ3v) is 2.88. The molecule has 86 valence electrons. The Hall–Kier alpha value is -1.35. The molecular weight excluding hydrogens is 200 g/mol. The molecule has 0 saturated carbocycles. The molecule has 0 spiro atoms. The van der Waals surface area contributed by atoms with Crippen LogP contribution in [-0.2, 0) is 4.79 Å². The minimum absolute atomic E-state index is 0.0270. The van der Waals surface area contributed by atoms with E-state index in [1.807, 2.05) is 30.3 Å². The third-order valence-electron chi connectivity index (χ3n) is 2.88. The number of carbonyl (C=O) groups is 1. The summed E-state index contributed by atoms with van der Waals surface area (Å²) in [5.74, 6) is 0.0612. The maximum atomic E-state index is 11.9. The smallest absolute Gasteiger partial charge is 0.243 e. The molecule has 1 aromatic rings. The van der Waals surface area contributed by atoms with Crippen molar-refractivity contribution in [2.45, 2.75) is 33.0 Å². The van der Waals surface area contributed by atoms with Crippen molar-refractivity contribution < 1.29 is 4.79 Å². The zero-order valence-corrected chi connectivity index (χ0v) is 9.95. The van der Waals surface area contributed by atoms with Crippen LogP contribution >= 0.6 is 0 Å². The van der Waals surface area contributed by atoms with Crippen molar-refractivity contribution in [1.29, 1.82) is 0 Å². The van der Waals surface area contributed by atoms with Gasteiger partial charge in [-0.15, -0.1) is 0 Å². The summed E-state index contributed by atoms with van der Waals surface area (Å²) in [6.45, 7) is 6.33. The number of carbonyl (C=O) groups excluding carboxylic acids is 1. The molecular formula is C13H18N2O. The van der Waals surface area contributed by atoms with Crippen LogP contribution in [0.25, 0.3) is 0 Å². The molecule has 2 atom stereocenters. The summed E-state index contributed by atoms with van der Waals surface area (Å²) >= 11 is 0. The minimum atomic E-state index is -0.217. The summed E-state index contributed by atoms with van der Waals surface area (Å²) < 4.78 is 0. The van der Waals surface area contributed by atoms with E-state index >= 15 is 0 Å². The lowest BCUT2D eigenvalue weighted by atomic mass is 9.93. The Morgan fingerprint density at radius 1 is 1.12 bits per heavy atom. The topological polar surface area (TPSA) is 41.1 Å². The summed E-state index contributed by atoms with van der Waals surface area (Å²) in [6, 6.07) is 9.59. The van der Waals surface area contributed by atoms with Gasteiger partial charge < -0.3 is 5.32 Å². The maximum absolute atomic E-state index is 11.9. The summed E-state index contributed by atoms with van der Waals surface area (Å²) in [5, 5.41) is 6.33. The van der Waals surface area contributed by atoms with Crippen LogP contribution in [0.2, 0.25) is 0 Å². The molecule has 2 N–H and O–H groups in total. The van der Waals surface area contributed by atoms with E-state index in [1.165, 1.54) is 0 Å². The van der Waals surface area contributed by atoms with E-state index in [2.05, 4.69) is 31.4 Å². The van der Waals surface area contributed by atoms with Crippen LogP contribution in [0, 0.1) is 5.41 Å². The summed E-state index contributed by atoms with van der Waals surface area (Å²) in [4.78, 5) is 11.9. The highest BCUT2D eigenvalue weighted by molar-refractivity contribution is 5.85.